The van der Waals surface area contributed by atoms with Gasteiger partial charge in [-0.2, -0.15) is 35.5 Å². The third-order valence-corrected chi connectivity index (χ3v) is 5.02. The fourth-order valence-electron chi connectivity index (χ4n) is 3.60. The molecule has 0 aliphatic heterocycles. The molecule has 0 heterocycles. The first kappa shape index (κ1) is 32.9. The molecule has 0 atom stereocenters. The Hall–Kier alpha value is -1.09. The van der Waals surface area contributed by atoms with Gasteiger partial charge in [0.05, 0.1) is 0 Å². The van der Waals surface area contributed by atoms with Gasteiger partial charge in [-0.05, 0) is 12.8 Å². The predicted octanol–water partition coefficient (Wildman–Crippen LogP) is 2.80. The SMILES string of the molecule is CCCC1=CC(c2ccccc2)=[C-]C1.CCCC1=CC(c2ccccc2)=[C-]C1.C[Si](C)=[Ti+2].[Cl-].[Cl-]. The van der Waals surface area contributed by atoms with E-state index in [1.807, 2.05) is 0 Å². The van der Waals surface area contributed by atoms with Crippen LogP contribution in [0.25, 0.3) is 11.1 Å². The molecule has 2 aromatic rings. The van der Waals surface area contributed by atoms with E-state index in [1.165, 1.54) is 59.1 Å². The maximum absolute atomic E-state index is 3.43. The fourth-order valence-corrected chi connectivity index (χ4v) is 3.60. The standard InChI is InChI=1S/2C14H15.C2H6Si.2ClH.Ti/c2*1-2-6-12-9-10-14(11-12)13-7-4-3-5-8-13;1-3-2;;;/h2*3-5,7-8,11H,2,6,9H2,1H3;1-2H3;2*1H;/q2*-1;;;;+2/p-2. The first-order valence-electron chi connectivity index (χ1n) is 11.8. The van der Waals surface area contributed by atoms with Crippen molar-refractivity contribution in [1.82, 2.24) is 0 Å². The van der Waals surface area contributed by atoms with Crippen LogP contribution in [-0.2, 0) is 19.2 Å². The molecule has 0 saturated heterocycles. The van der Waals surface area contributed by atoms with E-state index in [2.05, 4.69) is 131 Å². The monoisotopic (exact) mass is 542 g/mol. The smallest absolute Gasteiger partial charge is 1.00 e. The van der Waals surface area contributed by atoms with E-state index in [-0.39, 0.29) is 31.0 Å². The second-order valence-electron chi connectivity index (χ2n) is 8.37. The minimum atomic E-state index is 0. The van der Waals surface area contributed by atoms with Gasteiger partial charge in [0.2, 0.25) is 0 Å². The molecule has 4 rings (SSSR count). The summed E-state index contributed by atoms with van der Waals surface area (Å²) < 4.78 is 0. The number of allylic oxidation sites excluding steroid dienone is 8. The van der Waals surface area contributed by atoms with Gasteiger partial charge in [-0.15, -0.1) is 46.5 Å². The molecule has 0 aromatic heterocycles. The number of halogens is 2. The molecule has 0 nitrogen and oxygen atoms in total. The first-order chi connectivity index (χ1) is 15.5. The van der Waals surface area contributed by atoms with Crippen molar-refractivity contribution in [2.45, 2.75) is 65.5 Å². The van der Waals surface area contributed by atoms with Crippen molar-refractivity contribution in [1.29, 1.82) is 0 Å². The Labute approximate surface area is 232 Å². The Bertz CT molecular complexity index is 894. The normalized spacial score (nSPS) is 13.4. The van der Waals surface area contributed by atoms with Crippen LogP contribution in [0.5, 0.6) is 0 Å². The van der Waals surface area contributed by atoms with Crippen LogP contribution >= 0.6 is 0 Å². The van der Waals surface area contributed by atoms with Crippen molar-refractivity contribution in [2.75, 3.05) is 0 Å². The summed E-state index contributed by atoms with van der Waals surface area (Å²) in [5.74, 6) is 0. The van der Waals surface area contributed by atoms with Crippen LogP contribution in [-0.4, -0.2) is 6.19 Å². The number of hydrogen-bond acceptors (Lipinski definition) is 0. The Morgan fingerprint density at radius 3 is 1.29 bits per heavy atom. The predicted molar refractivity (Wildman–Crippen MR) is 139 cm³/mol. The van der Waals surface area contributed by atoms with Crippen molar-refractivity contribution >= 4 is 17.3 Å². The topological polar surface area (TPSA) is 0 Å². The summed E-state index contributed by atoms with van der Waals surface area (Å²) in [5, 5.41) is 0. The zero-order valence-corrected chi connectivity index (χ0v) is 25.0. The minimum absolute atomic E-state index is 0. The zero-order valence-electron chi connectivity index (χ0n) is 20.9. The van der Waals surface area contributed by atoms with Crippen LogP contribution in [0.4, 0.5) is 0 Å². The molecule has 2 aliphatic carbocycles. The molecule has 2 aromatic carbocycles. The average Bonchev–Trinajstić information content (AvgIpc) is 3.46. The third kappa shape index (κ3) is 12.6. The van der Waals surface area contributed by atoms with Gasteiger partial charge in [0.25, 0.3) is 0 Å². The molecule has 0 spiro atoms. The molecule has 0 bridgehead atoms. The quantitative estimate of drug-likeness (QED) is 0.389. The van der Waals surface area contributed by atoms with Crippen molar-refractivity contribution in [3.05, 3.63) is 107 Å². The summed E-state index contributed by atoms with van der Waals surface area (Å²) >= 11 is 2.27. The molecule has 4 heteroatoms. The van der Waals surface area contributed by atoms with Crippen LogP contribution in [0, 0.1) is 12.2 Å². The van der Waals surface area contributed by atoms with Crippen LogP contribution in [0.1, 0.15) is 63.5 Å². The first-order valence-corrected chi connectivity index (χ1v) is 16.6. The van der Waals surface area contributed by atoms with Crippen molar-refractivity contribution in [2.24, 2.45) is 0 Å². The molecule has 0 unspecified atom stereocenters. The molecular weight excluding hydrogens is 507 g/mol. The van der Waals surface area contributed by atoms with Gasteiger partial charge in [0, 0.05) is 0 Å². The second-order valence-corrected chi connectivity index (χ2v) is 15.1. The van der Waals surface area contributed by atoms with E-state index < -0.39 is 0 Å². The summed E-state index contributed by atoms with van der Waals surface area (Å²) in [6, 6.07) is 21.0. The maximum atomic E-state index is 3.43. The Morgan fingerprint density at radius 1 is 0.676 bits per heavy atom. The summed E-state index contributed by atoms with van der Waals surface area (Å²) in [7, 11) is 0. The van der Waals surface area contributed by atoms with Crippen LogP contribution < -0.4 is 24.8 Å². The Balaban J connectivity index is 0.000000528. The largest absolute Gasteiger partial charge is 1.00 e. The molecule has 34 heavy (non-hydrogen) atoms. The van der Waals surface area contributed by atoms with Gasteiger partial charge in [0.15, 0.2) is 0 Å². The van der Waals surface area contributed by atoms with Crippen molar-refractivity contribution in [3.8, 4) is 0 Å². The maximum Gasteiger partial charge on any atom is -1.00 e. The van der Waals surface area contributed by atoms with E-state index in [4.69, 9.17) is 0 Å². The Morgan fingerprint density at radius 2 is 1.00 bits per heavy atom. The molecule has 0 N–H and O–H groups in total. The van der Waals surface area contributed by atoms with Crippen LogP contribution in [0.15, 0.2) is 84.0 Å². The molecule has 0 fully saturated rings. The molecule has 180 valence electrons. The summed E-state index contributed by atoms with van der Waals surface area (Å²) in [6.45, 7) is 8.98. The Kier molecular flexibility index (Phi) is 18.5. The summed E-state index contributed by atoms with van der Waals surface area (Å²) in [4.78, 5) is 0. The second kappa shape index (κ2) is 19.1. The van der Waals surface area contributed by atoms with E-state index in [9.17, 15) is 0 Å². The average molecular weight is 543 g/mol. The van der Waals surface area contributed by atoms with E-state index >= 15 is 0 Å². The van der Waals surface area contributed by atoms with E-state index in [0.29, 0.717) is 0 Å². The molecular formula is C30H36Cl2SiTi-2. The van der Waals surface area contributed by atoms with E-state index in [1.54, 1.807) is 0 Å². The number of benzene rings is 2. The summed E-state index contributed by atoms with van der Waals surface area (Å²) in [6.07, 6.45) is 18.5. The minimum Gasteiger partial charge on any atom is -1.00 e. The molecule has 0 amide bonds. The van der Waals surface area contributed by atoms with Gasteiger partial charge in [-0.3, -0.25) is 0 Å². The van der Waals surface area contributed by atoms with Crippen molar-refractivity contribution < 1.29 is 44.0 Å². The van der Waals surface area contributed by atoms with Gasteiger partial charge in [0.1, 0.15) is 0 Å². The molecule has 2 aliphatic rings. The fraction of sp³-hybridized carbons (Fsp3) is 0.333. The van der Waals surface area contributed by atoms with Gasteiger partial charge in [-0.1, -0.05) is 75.9 Å². The van der Waals surface area contributed by atoms with Gasteiger partial charge < -0.3 is 24.8 Å². The molecule has 0 radical (unpaired) electrons. The van der Waals surface area contributed by atoms with Gasteiger partial charge >= 0.3 is 38.5 Å². The van der Waals surface area contributed by atoms with Gasteiger partial charge in [-0.25, -0.2) is 0 Å². The number of hydrogen-bond donors (Lipinski definition) is 0. The van der Waals surface area contributed by atoms with E-state index in [0.717, 1.165) is 12.8 Å². The summed E-state index contributed by atoms with van der Waals surface area (Å²) in [5.41, 5.74) is 8.16. The molecule has 0 saturated carbocycles. The van der Waals surface area contributed by atoms with Crippen molar-refractivity contribution in [3.63, 3.8) is 0 Å². The third-order valence-electron chi connectivity index (χ3n) is 5.02. The number of rotatable bonds is 6. The zero-order chi connectivity index (χ0) is 23.2. The van der Waals surface area contributed by atoms with Crippen LogP contribution in [0.2, 0.25) is 13.1 Å². The van der Waals surface area contributed by atoms with Crippen LogP contribution in [0.3, 0.4) is 0 Å².